The first-order chi connectivity index (χ1) is 16.0. The molecule has 2 N–H and O–H groups in total. The van der Waals surface area contributed by atoms with Gasteiger partial charge in [0.15, 0.2) is 5.11 Å². The van der Waals surface area contributed by atoms with Crippen LogP contribution in [0.2, 0.25) is 0 Å². The van der Waals surface area contributed by atoms with Gasteiger partial charge in [0, 0.05) is 23.2 Å². The van der Waals surface area contributed by atoms with Crippen molar-refractivity contribution in [1.82, 2.24) is 9.88 Å². The van der Waals surface area contributed by atoms with Gasteiger partial charge in [-0.1, -0.05) is 30.9 Å². The average Bonchev–Trinajstić information content (AvgIpc) is 2.83. The highest BCUT2D eigenvalue weighted by molar-refractivity contribution is 7.80. The molecule has 1 fully saturated rings. The first-order valence-electron chi connectivity index (χ1n) is 11.4. The van der Waals surface area contributed by atoms with Crippen LogP contribution in [0.3, 0.4) is 0 Å². The first kappa shape index (κ1) is 23.1. The van der Waals surface area contributed by atoms with E-state index in [0.717, 1.165) is 35.0 Å². The van der Waals surface area contributed by atoms with E-state index < -0.39 is 0 Å². The van der Waals surface area contributed by atoms with Gasteiger partial charge in [0.2, 0.25) is 0 Å². The number of nitrogens with one attached hydrogen (secondary N) is 2. The molecule has 0 amide bonds. The molecule has 6 nitrogen and oxygen atoms in total. The van der Waals surface area contributed by atoms with E-state index >= 15 is 0 Å². The summed E-state index contributed by atoms with van der Waals surface area (Å²) >= 11 is 5.88. The maximum atomic E-state index is 12.9. The number of nitrogens with zero attached hydrogens (tertiary/aromatic N) is 1. The first-order valence-corrected chi connectivity index (χ1v) is 11.8. The number of hydrogen-bond acceptors (Lipinski definition) is 4. The Morgan fingerprint density at radius 1 is 1.09 bits per heavy atom. The molecular weight excluding hydrogens is 434 g/mol. The second kappa shape index (κ2) is 10.3. The highest BCUT2D eigenvalue weighted by Crippen LogP contribution is 2.31. The Balaban J connectivity index is 1.64. The van der Waals surface area contributed by atoms with Crippen LogP contribution in [0.5, 0.6) is 11.5 Å². The molecule has 2 aromatic carbocycles. The lowest BCUT2D eigenvalue weighted by Crippen LogP contribution is -2.44. The molecule has 4 rings (SSSR count). The summed E-state index contributed by atoms with van der Waals surface area (Å²) in [6.07, 6.45) is 5.71. The predicted molar refractivity (Wildman–Crippen MR) is 137 cm³/mol. The second-order valence-corrected chi connectivity index (χ2v) is 9.02. The number of pyridine rings is 1. The van der Waals surface area contributed by atoms with Crippen LogP contribution in [0.1, 0.15) is 43.2 Å². The molecule has 0 atom stereocenters. The van der Waals surface area contributed by atoms with Crippen LogP contribution < -0.4 is 20.3 Å². The molecule has 174 valence electrons. The van der Waals surface area contributed by atoms with Crippen molar-refractivity contribution in [2.24, 2.45) is 0 Å². The minimum Gasteiger partial charge on any atom is -0.497 e. The third-order valence-corrected chi connectivity index (χ3v) is 6.68. The van der Waals surface area contributed by atoms with E-state index in [1.165, 1.54) is 19.3 Å². The standard InChI is InChI=1S/C26H31N3O3S/c1-17-9-11-22-18(13-17)14-19(25(30)27-22)16-29(20-7-5-4-6-8-20)26(33)28-23-12-10-21(31-2)15-24(23)32-3/h9-15,20H,4-8,16H2,1-3H3,(H,27,30)(H,28,33). The monoisotopic (exact) mass is 465 g/mol. The molecule has 7 heteroatoms. The Morgan fingerprint density at radius 3 is 2.61 bits per heavy atom. The van der Waals surface area contributed by atoms with Gasteiger partial charge in [-0.3, -0.25) is 4.79 Å². The molecule has 0 spiro atoms. The number of hydrogen-bond donors (Lipinski definition) is 2. The Hall–Kier alpha value is -3.06. The zero-order valence-corrected chi connectivity index (χ0v) is 20.3. The maximum Gasteiger partial charge on any atom is 0.253 e. The Labute approximate surface area is 199 Å². The predicted octanol–water partition coefficient (Wildman–Crippen LogP) is 5.39. The fraction of sp³-hybridized carbons (Fsp3) is 0.385. The maximum absolute atomic E-state index is 12.9. The van der Waals surface area contributed by atoms with Crippen molar-refractivity contribution in [3.8, 4) is 11.5 Å². The van der Waals surface area contributed by atoms with Crippen LogP contribution in [0, 0.1) is 6.92 Å². The summed E-state index contributed by atoms with van der Waals surface area (Å²) in [4.78, 5) is 18.1. The fourth-order valence-corrected chi connectivity index (χ4v) is 4.84. The molecule has 0 unspecified atom stereocenters. The number of aromatic amines is 1. The molecule has 1 aliphatic rings. The summed E-state index contributed by atoms with van der Waals surface area (Å²) in [6.45, 7) is 2.51. The lowest BCUT2D eigenvalue weighted by atomic mass is 9.94. The molecule has 0 radical (unpaired) electrons. The zero-order valence-electron chi connectivity index (χ0n) is 19.4. The van der Waals surface area contributed by atoms with Crippen molar-refractivity contribution >= 4 is 33.9 Å². The number of anilines is 1. The van der Waals surface area contributed by atoms with Crippen molar-refractivity contribution in [1.29, 1.82) is 0 Å². The van der Waals surface area contributed by atoms with Crippen molar-refractivity contribution in [3.63, 3.8) is 0 Å². The largest absolute Gasteiger partial charge is 0.497 e. The van der Waals surface area contributed by atoms with Crippen LogP contribution >= 0.6 is 12.2 Å². The number of aryl methyl sites for hydroxylation is 1. The van der Waals surface area contributed by atoms with Gasteiger partial charge in [0.1, 0.15) is 11.5 Å². The minimum atomic E-state index is -0.0722. The van der Waals surface area contributed by atoms with Gasteiger partial charge in [-0.05, 0) is 67.7 Å². The molecule has 1 heterocycles. The Morgan fingerprint density at radius 2 is 1.88 bits per heavy atom. The topological polar surface area (TPSA) is 66.6 Å². The molecule has 0 bridgehead atoms. The number of rotatable bonds is 6. The van der Waals surface area contributed by atoms with Crippen LogP contribution in [0.25, 0.3) is 10.9 Å². The molecular formula is C26H31N3O3S. The van der Waals surface area contributed by atoms with Gasteiger partial charge in [0.05, 0.1) is 26.5 Å². The van der Waals surface area contributed by atoms with E-state index in [4.69, 9.17) is 21.7 Å². The van der Waals surface area contributed by atoms with Crippen LogP contribution in [-0.2, 0) is 6.54 Å². The molecule has 1 saturated carbocycles. The van der Waals surface area contributed by atoms with E-state index in [1.807, 2.05) is 36.4 Å². The van der Waals surface area contributed by atoms with Crippen LogP contribution in [0.4, 0.5) is 5.69 Å². The number of ether oxygens (including phenoxy) is 2. The number of methoxy groups -OCH3 is 2. The number of fused-ring (bicyclic) bond motifs is 1. The van der Waals surface area contributed by atoms with Crippen molar-refractivity contribution < 1.29 is 9.47 Å². The van der Waals surface area contributed by atoms with Gasteiger partial charge in [-0.25, -0.2) is 0 Å². The average molecular weight is 466 g/mol. The summed E-state index contributed by atoms with van der Waals surface area (Å²) in [6, 6.07) is 13.9. The zero-order chi connectivity index (χ0) is 23.4. The third-order valence-electron chi connectivity index (χ3n) is 6.34. The minimum absolute atomic E-state index is 0.0722. The van der Waals surface area contributed by atoms with Crippen molar-refractivity contribution in [2.45, 2.75) is 51.6 Å². The summed E-state index contributed by atoms with van der Waals surface area (Å²) in [5.74, 6) is 1.37. The molecule has 33 heavy (non-hydrogen) atoms. The number of H-pyrrole nitrogens is 1. The van der Waals surface area contributed by atoms with E-state index in [1.54, 1.807) is 14.2 Å². The highest BCUT2D eigenvalue weighted by Gasteiger charge is 2.25. The molecule has 1 aromatic heterocycles. The van der Waals surface area contributed by atoms with E-state index in [-0.39, 0.29) is 11.6 Å². The van der Waals surface area contributed by atoms with E-state index in [2.05, 4.69) is 28.2 Å². The lowest BCUT2D eigenvalue weighted by molar-refractivity contribution is 0.240. The summed E-state index contributed by atoms with van der Waals surface area (Å²) < 4.78 is 10.8. The Bertz CT molecular complexity index is 1200. The van der Waals surface area contributed by atoms with Gasteiger partial charge in [-0.15, -0.1) is 0 Å². The van der Waals surface area contributed by atoms with Gasteiger partial charge in [-0.2, -0.15) is 0 Å². The quantitative estimate of drug-likeness (QED) is 0.476. The molecule has 3 aromatic rings. The number of aromatic nitrogens is 1. The van der Waals surface area contributed by atoms with E-state index in [0.29, 0.717) is 28.7 Å². The lowest BCUT2D eigenvalue weighted by Gasteiger charge is -2.36. The Kier molecular flexibility index (Phi) is 7.18. The molecule has 0 saturated heterocycles. The number of benzene rings is 2. The van der Waals surface area contributed by atoms with Crippen LogP contribution in [-0.4, -0.2) is 35.3 Å². The normalized spacial score (nSPS) is 14.2. The van der Waals surface area contributed by atoms with Crippen molar-refractivity contribution in [3.05, 3.63) is 63.9 Å². The van der Waals surface area contributed by atoms with Gasteiger partial charge >= 0.3 is 0 Å². The molecule has 1 aliphatic carbocycles. The number of thiocarbonyl (C=S) groups is 1. The second-order valence-electron chi connectivity index (χ2n) is 8.63. The summed E-state index contributed by atoms with van der Waals surface area (Å²) in [5, 5.41) is 4.98. The third kappa shape index (κ3) is 5.30. The summed E-state index contributed by atoms with van der Waals surface area (Å²) in [5.41, 5.74) is 3.42. The van der Waals surface area contributed by atoms with E-state index in [9.17, 15) is 4.79 Å². The smallest absolute Gasteiger partial charge is 0.253 e. The molecule has 0 aliphatic heterocycles. The fourth-order valence-electron chi connectivity index (χ4n) is 4.52. The van der Waals surface area contributed by atoms with Crippen LogP contribution in [0.15, 0.2) is 47.3 Å². The highest BCUT2D eigenvalue weighted by atomic mass is 32.1. The van der Waals surface area contributed by atoms with Gasteiger partial charge in [0.25, 0.3) is 5.56 Å². The van der Waals surface area contributed by atoms with Crippen molar-refractivity contribution in [2.75, 3.05) is 19.5 Å². The SMILES string of the molecule is COc1ccc(NC(=S)N(Cc2cc3cc(C)ccc3[nH]c2=O)C2CCCCC2)c(OC)c1. The van der Waals surface area contributed by atoms with Gasteiger partial charge < -0.3 is 24.7 Å². The summed E-state index contributed by atoms with van der Waals surface area (Å²) in [7, 11) is 3.25.